The van der Waals surface area contributed by atoms with Gasteiger partial charge in [0.25, 0.3) is 0 Å². The first-order valence-electron chi connectivity index (χ1n) is 7.88. The molecule has 0 spiro atoms. The van der Waals surface area contributed by atoms with Gasteiger partial charge in [0.05, 0.1) is 24.6 Å². The molecule has 0 aliphatic heterocycles. The van der Waals surface area contributed by atoms with E-state index in [4.69, 9.17) is 4.74 Å². The van der Waals surface area contributed by atoms with Gasteiger partial charge in [-0.1, -0.05) is 0 Å². The number of methoxy groups -OCH3 is 1. The Kier molecular flexibility index (Phi) is 3.56. The Hall–Kier alpha value is -1.92. The fourth-order valence-electron chi connectivity index (χ4n) is 3.57. The van der Waals surface area contributed by atoms with E-state index in [9.17, 15) is 0 Å². The zero-order valence-corrected chi connectivity index (χ0v) is 12.7. The molecule has 0 saturated heterocycles. The molecule has 0 radical (unpaired) electrons. The van der Waals surface area contributed by atoms with Crippen LogP contribution in [0.5, 0.6) is 0 Å². The molecule has 116 valence electrons. The summed E-state index contributed by atoms with van der Waals surface area (Å²) in [4.78, 5) is 12.1. The van der Waals surface area contributed by atoms with E-state index in [1.54, 1.807) is 7.11 Å². The molecular weight excluding hydrogens is 278 g/mol. The summed E-state index contributed by atoms with van der Waals surface area (Å²) in [5, 5.41) is 4.74. The van der Waals surface area contributed by atoms with Crippen molar-refractivity contribution >= 4 is 22.1 Å². The molecule has 1 aliphatic carbocycles. The summed E-state index contributed by atoms with van der Waals surface area (Å²) in [6.45, 7) is 1.69. The van der Waals surface area contributed by atoms with Crippen molar-refractivity contribution in [2.75, 3.05) is 20.3 Å². The van der Waals surface area contributed by atoms with Gasteiger partial charge in [-0.15, -0.1) is 0 Å². The first-order chi connectivity index (χ1) is 10.9. The Balaban J connectivity index is 1.60. The SMILES string of the molecule is COCCNC1CCC(n2cnc3cnc4[nH]ccc4c32)C1. The van der Waals surface area contributed by atoms with Crippen molar-refractivity contribution in [1.29, 1.82) is 0 Å². The van der Waals surface area contributed by atoms with Gasteiger partial charge in [0.15, 0.2) is 0 Å². The maximum Gasteiger partial charge on any atom is 0.139 e. The third-order valence-electron chi connectivity index (χ3n) is 4.66. The summed E-state index contributed by atoms with van der Waals surface area (Å²) in [6, 6.07) is 3.17. The predicted octanol–water partition coefficient (Wildman–Crippen LogP) is 2.24. The summed E-state index contributed by atoms with van der Waals surface area (Å²) in [6.07, 6.45) is 9.30. The lowest BCUT2D eigenvalue weighted by molar-refractivity contribution is 0.195. The third-order valence-corrected chi connectivity index (χ3v) is 4.66. The van der Waals surface area contributed by atoms with Crippen LogP contribution in [0.25, 0.3) is 22.1 Å². The molecule has 2 unspecified atom stereocenters. The highest BCUT2D eigenvalue weighted by Gasteiger charge is 2.27. The molecule has 0 amide bonds. The number of hydrogen-bond donors (Lipinski definition) is 2. The lowest BCUT2D eigenvalue weighted by Crippen LogP contribution is -2.29. The lowest BCUT2D eigenvalue weighted by Gasteiger charge is -2.15. The number of pyridine rings is 1. The molecule has 22 heavy (non-hydrogen) atoms. The van der Waals surface area contributed by atoms with Crippen molar-refractivity contribution in [2.24, 2.45) is 0 Å². The number of ether oxygens (including phenoxy) is 1. The molecule has 1 saturated carbocycles. The van der Waals surface area contributed by atoms with Crippen LogP contribution in [0.15, 0.2) is 24.8 Å². The number of nitrogens with zero attached hydrogens (tertiary/aromatic N) is 3. The van der Waals surface area contributed by atoms with Crippen molar-refractivity contribution in [2.45, 2.75) is 31.3 Å². The number of rotatable bonds is 5. The van der Waals surface area contributed by atoms with E-state index in [1.165, 1.54) is 18.4 Å². The van der Waals surface area contributed by atoms with Crippen LogP contribution in [0, 0.1) is 0 Å². The molecule has 0 aromatic carbocycles. The number of aromatic amines is 1. The molecule has 3 heterocycles. The second-order valence-corrected chi connectivity index (χ2v) is 5.99. The summed E-state index contributed by atoms with van der Waals surface area (Å²) >= 11 is 0. The summed E-state index contributed by atoms with van der Waals surface area (Å²) in [5.74, 6) is 0. The second kappa shape index (κ2) is 5.70. The molecule has 0 bridgehead atoms. The summed E-state index contributed by atoms with van der Waals surface area (Å²) in [5.41, 5.74) is 3.11. The van der Waals surface area contributed by atoms with Crippen LogP contribution in [0.2, 0.25) is 0 Å². The Morgan fingerprint density at radius 3 is 3.27 bits per heavy atom. The Morgan fingerprint density at radius 2 is 2.36 bits per heavy atom. The molecule has 2 N–H and O–H groups in total. The molecular formula is C16H21N5O. The minimum absolute atomic E-state index is 0.505. The van der Waals surface area contributed by atoms with Crippen molar-refractivity contribution in [3.8, 4) is 0 Å². The average molecular weight is 299 g/mol. The van der Waals surface area contributed by atoms with Crippen molar-refractivity contribution in [1.82, 2.24) is 24.8 Å². The van der Waals surface area contributed by atoms with Gasteiger partial charge in [-0.2, -0.15) is 0 Å². The van der Waals surface area contributed by atoms with Crippen LogP contribution in [-0.2, 0) is 4.74 Å². The van der Waals surface area contributed by atoms with Gasteiger partial charge in [0, 0.05) is 37.3 Å². The molecule has 6 heteroatoms. The van der Waals surface area contributed by atoms with E-state index in [2.05, 4.69) is 30.9 Å². The van der Waals surface area contributed by atoms with Gasteiger partial charge in [0.2, 0.25) is 0 Å². The highest BCUT2D eigenvalue weighted by molar-refractivity contribution is 6.00. The van der Waals surface area contributed by atoms with E-state index < -0.39 is 0 Å². The van der Waals surface area contributed by atoms with Crippen molar-refractivity contribution in [3.05, 3.63) is 24.8 Å². The van der Waals surface area contributed by atoms with E-state index in [0.717, 1.165) is 36.1 Å². The molecule has 6 nitrogen and oxygen atoms in total. The number of H-pyrrole nitrogens is 1. The fourth-order valence-corrected chi connectivity index (χ4v) is 3.57. The van der Waals surface area contributed by atoms with Gasteiger partial charge in [0.1, 0.15) is 11.2 Å². The first-order valence-corrected chi connectivity index (χ1v) is 7.88. The number of imidazole rings is 1. The number of hydrogen-bond acceptors (Lipinski definition) is 4. The van der Waals surface area contributed by atoms with Crippen LogP contribution in [0.3, 0.4) is 0 Å². The Labute approximate surface area is 128 Å². The van der Waals surface area contributed by atoms with Crippen LogP contribution < -0.4 is 5.32 Å². The minimum Gasteiger partial charge on any atom is -0.383 e. The Bertz CT molecular complexity index is 777. The van der Waals surface area contributed by atoms with E-state index >= 15 is 0 Å². The van der Waals surface area contributed by atoms with Gasteiger partial charge in [-0.3, -0.25) is 0 Å². The van der Waals surface area contributed by atoms with Crippen molar-refractivity contribution < 1.29 is 4.74 Å². The number of fused-ring (bicyclic) bond motifs is 3. The predicted molar refractivity (Wildman–Crippen MR) is 85.9 cm³/mol. The maximum atomic E-state index is 5.11. The average Bonchev–Trinajstić information content (AvgIpc) is 3.25. The monoisotopic (exact) mass is 299 g/mol. The zero-order chi connectivity index (χ0) is 14.9. The quantitative estimate of drug-likeness (QED) is 0.709. The van der Waals surface area contributed by atoms with Gasteiger partial charge >= 0.3 is 0 Å². The minimum atomic E-state index is 0.505. The Morgan fingerprint density at radius 1 is 1.41 bits per heavy atom. The smallest absolute Gasteiger partial charge is 0.139 e. The molecule has 3 aromatic heterocycles. The van der Waals surface area contributed by atoms with Gasteiger partial charge < -0.3 is 19.6 Å². The largest absolute Gasteiger partial charge is 0.383 e. The first kappa shape index (κ1) is 13.7. The van der Waals surface area contributed by atoms with Gasteiger partial charge in [-0.05, 0) is 25.3 Å². The third kappa shape index (κ3) is 2.28. The van der Waals surface area contributed by atoms with Crippen molar-refractivity contribution in [3.63, 3.8) is 0 Å². The molecule has 2 atom stereocenters. The summed E-state index contributed by atoms with van der Waals surface area (Å²) < 4.78 is 7.45. The van der Waals surface area contributed by atoms with Crippen LogP contribution in [-0.4, -0.2) is 45.8 Å². The number of nitrogens with one attached hydrogen (secondary N) is 2. The van der Waals surface area contributed by atoms with Crippen LogP contribution >= 0.6 is 0 Å². The second-order valence-electron chi connectivity index (χ2n) is 5.99. The zero-order valence-electron chi connectivity index (χ0n) is 12.7. The van der Waals surface area contributed by atoms with E-state index in [0.29, 0.717) is 12.1 Å². The maximum absolute atomic E-state index is 5.11. The molecule has 1 aliphatic rings. The van der Waals surface area contributed by atoms with E-state index in [-0.39, 0.29) is 0 Å². The fraction of sp³-hybridized carbons (Fsp3) is 0.500. The molecule has 4 rings (SSSR count). The summed E-state index contributed by atoms with van der Waals surface area (Å²) in [7, 11) is 1.74. The van der Waals surface area contributed by atoms with Gasteiger partial charge in [-0.25, -0.2) is 9.97 Å². The van der Waals surface area contributed by atoms with E-state index in [1.807, 2.05) is 18.7 Å². The van der Waals surface area contributed by atoms with Crippen LogP contribution in [0.1, 0.15) is 25.3 Å². The highest BCUT2D eigenvalue weighted by Crippen LogP contribution is 2.34. The van der Waals surface area contributed by atoms with Crippen LogP contribution in [0.4, 0.5) is 0 Å². The topological polar surface area (TPSA) is 67.8 Å². The molecule has 3 aromatic rings. The lowest BCUT2D eigenvalue weighted by atomic mass is 10.2. The normalized spacial score (nSPS) is 22.0. The number of aromatic nitrogens is 4. The molecule has 1 fully saturated rings. The highest BCUT2D eigenvalue weighted by atomic mass is 16.5. The standard InChI is InChI=1S/C16H21N5O/c1-22-7-6-17-11-2-3-12(8-11)21-10-20-14-9-19-16-13(15(14)21)4-5-18-16/h4-5,9-12,17H,2-3,6-8H2,1H3,(H,18,19).